The Morgan fingerprint density at radius 3 is 1.50 bits per heavy atom. The first-order valence-electron chi connectivity index (χ1n) is 1.21. The monoisotopic (exact) mass is 183 g/mol. The zero-order valence-electron chi connectivity index (χ0n) is 1.91. The fourth-order valence-corrected chi connectivity index (χ4v) is 0. The Labute approximate surface area is 66.2 Å². The van der Waals surface area contributed by atoms with Gasteiger partial charge in [0.25, 0.3) is 0 Å². The van der Waals surface area contributed by atoms with Crippen LogP contribution in [0.2, 0.25) is 0 Å². The molecule has 1 saturated heterocycles. The minimum absolute atomic E-state index is 0. The van der Waals surface area contributed by atoms with E-state index in [2.05, 4.69) is 5.32 Å². The van der Waals surface area contributed by atoms with Gasteiger partial charge in [0.2, 0.25) is 0 Å². The van der Waals surface area contributed by atoms with Crippen LogP contribution in [0.4, 0.5) is 0 Å². The van der Waals surface area contributed by atoms with Gasteiger partial charge in [-0.3, -0.25) is 0 Å². The Morgan fingerprint density at radius 2 is 1.50 bits per heavy atom. The van der Waals surface area contributed by atoms with Crippen molar-refractivity contribution in [1.82, 2.24) is 5.32 Å². The van der Waals surface area contributed by atoms with Crippen molar-refractivity contribution >= 4 is 48.9 Å². The molecular formula is C2H7BaN. The standard InChI is InChI=1S/C2H5N.Ba.2H/c1-2-3-1;;;/h3H,1-2H2;;;. The molecule has 0 aliphatic carbocycles. The maximum atomic E-state index is 3.00. The van der Waals surface area contributed by atoms with E-state index < -0.39 is 0 Å². The summed E-state index contributed by atoms with van der Waals surface area (Å²) in [4.78, 5) is 0. The van der Waals surface area contributed by atoms with Crippen LogP contribution < -0.4 is 5.32 Å². The fourth-order valence-electron chi connectivity index (χ4n) is 0. The molecule has 0 atom stereocenters. The van der Waals surface area contributed by atoms with E-state index in [1.807, 2.05) is 0 Å². The van der Waals surface area contributed by atoms with Gasteiger partial charge in [0, 0.05) is 13.1 Å². The molecule has 1 aliphatic rings. The second-order valence-corrected chi connectivity index (χ2v) is 0.750. The molecule has 22 valence electrons. The van der Waals surface area contributed by atoms with Crippen LogP contribution in [0.1, 0.15) is 0 Å². The van der Waals surface area contributed by atoms with Gasteiger partial charge in [-0.05, 0) is 0 Å². The molecule has 1 nitrogen and oxygen atoms in total. The summed E-state index contributed by atoms with van der Waals surface area (Å²) < 4.78 is 0. The Morgan fingerprint density at radius 1 is 1.25 bits per heavy atom. The predicted molar refractivity (Wildman–Crippen MR) is 21.4 cm³/mol. The number of hydrogen-bond donors (Lipinski definition) is 1. The topological polar surface area (TPSA) is 21.9 Å². The van der Waals surface area contributed by atoms with Crippen molar-refractivity contribution in [1.29, 1.82) is 0 Å². The molecule has 2 heteroatoms. The SMILES string of the molecule is C1CN1.[BaH2]. The van der Waals surface area contributed by atoms with Gasteiger partial charge >= 0.3 is 48.9 Å². The Bertz CT molecular complexity index is 10.8. The van der Waals surface area contributed by atoms with Crippen molar-refractivity contribution in [2.75, 3.05) is 13.1 Å². The van der Waals surface area contributed by atoms with Gasteiger partial charge in [-0.2, -0.15) is 0 Å². The molecule has 1 aliphatic heterocycles. The van der Waals surface area contributed by atoms with Gasteiger partial charge < -0.3 is 5.32 Å². The van der Waals surface area contributed by atoms with E-state index >= 15 is 0 Å². The van der Waals surface area contributed by atoms with Gasteiger partial charge in [-0.15, -0.1) is 0 Å². The van der Waals surface area contributed by atoms with E-state index in [-0.39, 0.29) is 48.9 Å². The number of hydrogen-bond acceptors (Lipinski definition) is 1. The van der Waals surface area contributed by atoms with Crippen molar-refractivity contribution in [3.63, 3.8) is 0 Å². The van der Waals surface area contributed by atoms with E-state index in [0.717, 1.165) is 0 Å². The fraction of sp³-hybridized carbons (Fsp3) is 1.00. The molecule has 0 radical (unpaired) electrons. The second kappa shape index (κ2) is 2.75. The van der Waals surface area contributed by atoms with Gasteiger partial charge in [0.05, 0.1) is 0 Å². The zero-order valence-corrected chi connectivity index (χ0v) is 1.91. The Hall–Kier alpha value is 1.53. The van der Waals surface area contributed by atoms with Gasteiger partial charge in [0.1, 0.15) is 0 Å². The summed E-state index contributed by atoms with van der Waals surface area (Å²) in [7, 11) is 0. The number of rotatable bonds is 0. The molecule has 4 heavy (non-hydrogen) atoms. The first kappa shape index (κ1) is 5.53. The molecule has 0 aromatic carbocycles. The first-order valence-corrected chi connectivity index (χ1v) is 1.21. The minimum atomic E-state index is 0. The molecule has 1 heterocycles. The van der Waals surface area contributed by atoms with E-state index in [4.69, 9.17) is 0 Å². The normalized spacial score (nSPS) is 18.0. The van der Waals surface area contributed by atoms with Crippen LogP contribution in [0.25, 0.3) is 0 Å². The number of nitrogens with one attached hydrogen (secondary N) is 1. The van der Waals surface area contributed by atoms with Gasteiger partial charge in [-0.25, -0.2) is 0 Å². The summed E-state index contributed by atoms with van der Waals surface area (Å²) in [6, 6.07) is 0. The van der Waals surface area contributed by atoms with Crippen molar-refractivity contribution in [3.8, 4) is 0 Å². The van der Waals surface area contributed by atoms with E-state index in [1.165, 1.54) is 13.1 Å². The summed E-state index contributed by atoms with van der Waals surface area (Å²) in [5.74, 6) is 0. The molecule has 0 unspecified atom stereocenters. The zero-order chi connectivity index (χ0) is 2.12. The third kappa shape index (κ3) is 3.53. The predicted octanol–water partition coefficient (Wildman–Crippen LogP) is -1.33. The first-order chi connectivity index (χ1) is 1.50. The second-order valence-electron chi connectivity index (χ2n) is 0.750. The van der Waals surface area contributed by atoms with Crippen LogP contribution in [0, 0.1) is 0 Å². The van der Waals surface area contributed by atoms with Crippen LogP contribution in [-0.4, -0.2) is 62.0 Å². The molecular weight excluding hydrogens is 175 g/mol. The van der Waals surface area contributed by atoms with Crippen molar-refractivity contribution in [2.24, 2.45) is 0 Å². The molecule has 0 spiro atoms. The molecule has 0 aromatic rings. The molecule has 0 saturated carbocycles. The van der Waals surface area contributed by atoms with E-state index in [9.17, 15) is 0 Å². The third-order valence-electron chi connectivity index (χ3n) is 0.250. The molecule has 0 amide bonds. The Balaban J connectivity index is 0.0000000900. The third-order valence-corrected chi connectivity index (χ3v) is 0.250. The van der Waals surface area contributed by atoms with Crippen LogP contribution in [0.15, 0.2) is 0 Å². The summed E-state index contributed by atoms with van der Waals surface area (Å²) in [6.45, 7) is 2.50. The van der Waals surface area contributed by atoms with Crippen LogP contribution in [0.5, 0.6) is 0 Å². The summed E-state index contributed by atoms with van der Waals surface area (Å²) in [5, 5.41) is 3.00. The average Bonchev–Trinajstić information content (AvgIpc) is 1.46. The summed E-state index contributed by atoms with van der Waals surface area (Å²) >= 11 is 0. The van der Waals surface area contributed by atoms with Crippen LogP contribution in [-0.2, 0) is 0 Å². The van der Waals surface area contributed by atoms with Gasteiger partial charge in [-0.1, -0.05) is 0 Å². The van der Waals surface area contributed by atoms with Crippen molar-refractivity contribution in [3.05, 3.63) is 0 Å². The molecule has 0 bridgehead atoms. The van der Waals surface area contributed by atoms with E-state index in [1.54, 1.807) is 0 Å². The molecule has 1 fully saturated rings. The quantitative estimate of drug-likeness (QED) is 0.364. The summed E-state index contributed by atoms with van der Waals surface area (Å²) in [5.41, 5.74) is 0. The van der Waals surface area contributed by atoms with Crippen LogP contribution in [0.3, 0.4) is 0 Å². The average molecular weight is 182 g/mol. The van der Waals surface area contributed by atoms with E-state index in [0.29, 0.717) is 0 Å². The molecule has 1 rings (SSSR count). The Kier molecular flexibility index (Phi) is 3.81. The molecule has 0 aromatic heterocycles. The van der Waals surface area contributed by atoms with Crippen molar-refractivity contribution < 1.29 is 0 Å². The van der Waals surface area contributed by atoms with Gasteiger partial charge in [0.15, 0.2) is 0 Å². The summed E-state index contributed by atoms with van der Waals surface area (Å²) in [6.07, 6.45) is 0. The van der Waals surface area contributed by atoms with Crippen LogP contribution >= 0.6 is 0 Å². The van der Waals surface area contributed by atoms with Crippen molar-refractivity contribution in [2.45, 2.75) is 0 Å². The molecule has 1 N–H and O–H groups in total. The maximum absolute atomic E-state index is 3.00.